The van der Waals surface area contributed by atoms with Crippen molar-refractivity contribution in [1.29, 1.82) is 0 Å². The van der Waals surface area contributed by atoms with Gasteiger partial charge in [-0.2, -0.15) is 0 Å². The molecule has 0 bridgehead atoms. The lowest BCUT2D eigenvalue weighted by molar-refractivity contribution is -0.274. The Bertz CT molecular complexity index is 874. The zero-order valence-corrected chi connectivity index (χ0v) is 14.6. The van der Waals surface area contributed by atoms with Gasteiger partial charge in [0.25, 0.3) is 5.91 Å². The third-order valence-electron chi connectivity index (χ3n) is 3.88. The molecular weight excluding hydrogens is 373 g/mol. The largest absolute Gasteiger partial charge is 0.573 e. The monoisotopic (exact) mass is 390 g/mol. The average molecular weight is 390 g/mol. The molecule has 2 N–H and O–H groups in total. The third-order valence-corrected chi connectivity index (χ3v) is 3.88. The van der Waals surface area contributed by atoms with Crippen molar-refractivity contribution in [2.75, 3.05) is 0 Å². The molecule has 28 heavy (non-hydrogen) atoms. The van der Waals surface area contributed by atoms with Gasteiger partial charge in [0, 0.05) is 17.7 Å². The standard InChI is InChI=1S/C20H17F3N2O3/c21-20(22,23)28-16-10-6-13(7-11-16)17(12-18(26)24-15-8-9-15)25-19(27)14-4-2-1-3-5-14/h1-7,10-12,15H,8-9H2,(H,24,26)(H,25,27). The van der Waals surface area contributed by atoms with E-state index in [0.29, 0.717) is 11.1 Å². The fourth-order valence-electron chi connectivity index (χ4n) is 2.41. The quantitative estimate of drug-likeness (QED) is 0.740. The topological polar surface area (TPSA) is 67.4 Å². The Balaban J connectivity index is 1.82. The number of carbonyl (C=O) groups is 2. The summed E-state index contributed by atoms with van der Waals surface area (Å²) in [6.45, 7) is 0. The van der Waals surface area contributed by atoms with Gasteiger partial charge in [-0.05, 0) is 54.8 Å². The van der Waals surface area contributed by atoms with Crippen LogP contribution in [0.1, 0.15) is 28.8 Å². The van der Waals surface area contributed by atoms with Gasteiger partial charge in [0.1, 0.15) is 5.75 Å². The molecule has 0 spiro atoms. The fourth-order valence-corrected chi connectivity index (χ4v) is 2.41. The molecule has 2 aromatic rings. The van der Waals surface area contributed by atoms with Gasteiger partial charge in [0.05, 0.1) is 5.70 Å². The van der Waals surface area contributed by atoms with Gasteiger partial charge in [0.15, 0.2) is 0 Å². The van der Waals surface area contributed by atoms with Crippen LogP contribution in [0.25, 0.3) is 5.70 Å². The zero-order valence-electron chi connectivity index (χ0n) is 14.6. The summed E-state index contributed by atoms with van der Waals surface area (Å²) in [6.07, 6.45) is -1.78. The number of carbonyl (C=O) groups excluding carboxylic acids is 2. The van der Waals surface area contributed by atoms with E-state index in [9.17, 15) is 22.8 Å². The predicted molar refractivity (Wildman–Crippen MR) is 96.2 cm³/mol. The van der Waals surface area contributed by atoms with E-state index >= 15 is 0 Å². The second-order valence-corrected chi connectivity index (χ2v) is 6.23. The van der Waals surface area contributed by atoms with Crippen molar-refractivity contribution in [3.63, 3.8) is 0 Å². The molecule has 2 amide bonds. The van der Waals surface area contributed by atoms with Gasteiger partial charge in [0.2, 0.25) is 5.91 Å². The summed E-state index contributed by atoms with van der Waals surface area (Å²) in [5.74, 6) is -1.23. The Morgan fingerprint density at radius 1 is 0.964 bits per heavy atom. The Hall–Kier alpha value is -3.29. The molecule has 0 heterocycles. The molecule has 2 aromatic carbocycles. The van der Waals surface area contributed by atoms with E-state index in [-0.39, 0.29) is 17.6 Å². The zero-order chi connectivity index (χ0) is 20.1. The van der Waals surface area contributed by atoms with Crippen molar-refractivity contribution in [3.05, 3.63) is 71.8 Å². The van der Waals surface area contributed by atoms with E-state index in [1.54, 1.807) is 30.3 Å². The van der Waals surface area contributed by atoms with Crippen molar-refractivity contribution >= 4 is 17.5 Å². The van der Waals surface area contributed by atoms with Crippen LogP contribution in [0.2, 0.25) is 0 Å². The van der Waals surface area contributed by atoms with E-state index in [0.717, 1.165) is 25.0 Å². The molecule has 0 aliphatic heterocycles. The molecule has 1 saturated carbocycles. The molecule has 1 aliphatic carbocycles. The van der Waals surface area contributed by atoms with Crippen LogP contribution in [0, 0.1) is 0 Å². The fraction of sp³-hybridized carbons (Fsp3) is 0.200. The lowest BCUT2D eigenvalue weighted by Crippen LogP contribution is -2.27. The highest BCUT2D eigenvalue weighted by Gasteiger charge is 2.31. The number of halogens is 3. The number of nitrogens with one attached hydrogen (secondary N) is 2. The van der Waals surface area contributed by atoms with E-state index in [4.69, 9.17) is 0 Å². The minimum absolute atomic E-state index is 0.123. The van der Waals surface area contributed by atoms with Crippen molar-refractivity contribution < 1.29 is 27.5 Å². The summed E-state index contributed by atoms with van der Waals surface area (Å²) in [6, 6.07) is 13.4. The second-order valence-electron chi connectivity index (χ2n) is 6.23. The van der Waals surface area contributed by atoms with Gasteiger partial charge in [-0.15, -0.1) is 13.2 Å². The summed E-state index contributed by atoms with van der Waals surface area (Å²) in [5, 5.41) is 5.41. The number of ether oxygens (including phenoxy) is 1. The van der Waals surface area contributed by atoms with Crippen LogP contribution in [0.15, 0.2) is 60.7 Å². The minimum Gasteiger partial charge on any atom is -0.406 e. The Morgan fingerprint density at radius 2 is 1.61 bits per heavy atom. The van der Waals surface area contributed by atoms with Gasteiger partial charge >= 0.3 is 6.36 Å². The maximum Gasteiger partial charge on any atom is 0.573 e. The highest BCUT2D eigenvalue weighted by atomic mass is 19.4. The minimum atomic E-state index is -4.80. The lowest BCUT2D eigenvalue weighted by Gasteiger charge is -2.13. The molecule has 3 rings (SSSR count). The maximum absolute atomic E-state index is 12.4. The summed E-state index contributed by atoms with van der Waals surface area (Å²) in [4.78, 5) is 24.6. The van der Waals surface area contributed by atoms with Gasteiger partial charge in [-0.25, -0.2) is 0 Å². The van der Waals surface area contributed by atoms with Gasteiger partial charge < -0.3 is 15.4 Å². The Labute approximate surface area is 159 Å². The highest BCUT2D eigenvalue weighted by molar-refractivity contribution is 6.03. The van der Waals surface area contributed by atoms with Crippen LogP contribution in [-0.4, -0.2) is 24.2 Å². The molecule has 0 saturated heterocycles. The van der Waals surface area contributed by atoms with Gasteiger partial charge in [-0.3, -0.25) is 9.59 Å². The van der Waals surface area contributed by atoms with Crippen molar-refractivity contribution in [3.8, 4) is 5.75 Å². The maximum atomic E-state index is 12.4. The number of hydrogen-bond donors (Lipinski definition) is 2. The van der Waals surface area contributed by atoms with Crippen molar-refractivity contribution in [2.45, 2.75) is 25.2 Å². The highest BCUT2D eigenvalue weighted by Crippen LogP contribution is 2.24. The molecule has 146 valence electrons. The average Bonchev–Trinajstić information content (AvgIpc) is 3.45. The van der Waals surface area contributed by atoms with Crippen LogP contribution in [0.4, 0.5) is 13.2 Å². The molecule has 5 nitrogen and oxygen atoms in total. The second kappa shape index (κ2) is 8.16. The number of amides is 2. The van der Waals surface area contributed by atoms with Crippen LogP contribution in [0.5, 0.6) is 5.75 Å². The smallest absolute Gasteiger partial charge is 0.406 e. The predicted octanol–water partition coefficient (Wildman–Crippen LogP) is 3.63. The van der Waals surface area contributed by atoms with Crippen LogP contribution in [-0.2, 0) is 4.79 Å². The van der Waals surface area contributed by atoms with Crippen LogP contribution in [0.3, 0.4) is 0 Å². The first-order valence-electron chi connectivity index (χ1n) is 8.55. The first kappa shape index (κ1) is 19.5. The first-order valence-corrected chi connectivity index (χ1v) is 8.55. The van der Waals surface area contributed by atoms with E-state index < -0.39 is 18.0 Å². The normalized spacial score (nSPS) is 14.3. The molecule has 0 unspecified atom stereocenters. The van der Waals surface area contributed by atoms with Crippen molar-refractivity contribution in [1.82, 2.24) is 10.6 Å². The Kier molecular flexibility index (Phi) is 5.67. The molecular formula is C20H17F3N2O3. The van der Waals surface area contributed by atoms with Crippen molar-refractivity contribution in [2.24, 2.45) is 0 Å². The Morgan fingerprint density at radius 3 is 2.18 bits per heavy atom. The summed E-state index contributed by atoms with van der Waals surface area (Å²) in [5.41, 5.74) is 0.920. The van der Waals surface area contributed by atoms with E-state index in [2.05, 4.69) is 15.4 Å². The molecule has 0 radical (unpaired) electrons. The number of alkyl halides is 3. The van der Waals surface area contributed by atoms with E-state index in [1.807, 2.05) is 0 Å². The SMILES string of the molecule is O=C(C=C(NC(=O)c1ccccc1)c1ccc(OC(F)(F)F)cc1)NC1CC1. The third kappa shape index (κ3) is 5.87. The summed E-state index contributed by atoms with van der Waals surface area (Å²) >= 11 is 0. The van der Waals surface area contributed by atoms with Crippen LogP contribution >= 0.6 is 0 Å². The molecule has 8 heteroatoms. The number of rotatable bonds is 6. The lowest BCUT2D eigenvalue weighted by atomic mass is 10.1. The number of benzene rings is 2. The number of hydrogen-bond acceptors (Lipinski definition) is 3. The van der Waals surface area contributed by atoms with Gasteiger partial charge in [-0.1, -0.05) is 18.2 Å². The first-order chi connectivity index (χ1) is 13.3. The molecule has 0 atom stereocenters. The molecule has 1 aliphatic rings. The molecule has 0 aromatic heterocycles. The summed E-state index contributed by atoms with van der Waals surface area (Å²) < 4.78 is 40.8. The van der Waals surface area contributed by atoms with E-state index in [1.165, 1.54) is 18.2 Å². The summed E-state index contributed by atoms with van der Waals surface area (Å²) in [7, 11) is 0. The molecule has 1 fully saturated rings. The van der Waals surface area contributed by atoms with Crippen LogP contribution < -0.4 is 15.4 Å².